The number of hydrogen-bond acceptors (Lipinski definition) is 3. The van der Waals surface area contributed by atoms with Crippen LogP contribution in [-0.2, 0) is 0 Å². The zero-order chi connectivity index (χ0) is 10.1. The Hall–Kier alpha value is -0.270. The predicted molar refractivity (Wildman–Crippen MR) is 63.0 cm³/mol. The van der Waals surface area contributed by atoms with Crippen molar-refractivity contribution in [2.75, 3.05) is 0 Å². The molecule has 0 amide bonds. The van der Waals surface area contributed by atoms with Gasteiger partial charge in [-0.3, -0.25) is 0 Å². The van der Waals surface area contributed by atoms with Crippen molar-refractivity contribution in [2.45, 2.75) is 0 Å². The van der Waals surface area contributed by atoms with E-state index in [1.165, 1.54) is 17.6 Å². The Bertz CT molecular complexity index is 474. The summed E-state index contributed by atoms with van der Waals surface area (Å²) in [5, 5.41) is 0.735. The van der Waals surface area contributed by atoms with Crippen LogP contribution in [0.4, 0.5) is 4.39 Å². The van der Waals surface area contributed by atoms with E-state index < -0.39 is 5.82 Å². The number of halogens is 3. The molecule has 0 aliphatic rings. The van der Waals surface area contributed by atoms with Gasteiger partial charge in [0.25, 0.3) is 0 Å². The maximum absolute atomic E-state index is 13.1. The van der Waals surface area contributed by atoms with E-state index >= 15 is 0 Å². The molecule has 0 bridgehead atoms. The number of aromatic nitrogens is 2. The fraction of sp³-hybridized carbons (Fsp3) is 0. The Labute approximate surface area is 102 Å². The van der Waals surface area contributed by atoms with Crippen molar-refractivity contribution in [3.63, 3.8) is 0 Å². The summed E-state index contributed by atoms with van der Waals surface area (Å²) in [7, 11) is 0. The van der Waals surface area contributed by atoms with Gasteiger partial charge in [0.1, 0.15) is 10.8 Å². The molecule has 0 unspecified atom stereocenters. The van der Waals surface area contributed by atoms with Crippen LogP contribution in [0, 0.1) is 9.65 Å². The summed E-state index contributed by atoms with van der Waals surface area (Å²) in [4.78, 5) is 4.13. The Kier molecular flexibility index (Phi) is 2.99. The van der Waals surface area contributed by atoms with Gasteiger partial charge in [-0.15, -0.1) is 0 Å². The molecule has 0 radical (unpaired) electrons. The van der Waals surface area contributed by atoms with Gasteiger partial charge in [0.15, 0.2) is 0 Å². The fourth-order valence-electron chi connectivity index (χ4n) is 0.984. The topological polar surface area (TPSA) is 25.8 Å². The first-order valence-corrected chi connectivity index (χ1v) is 5.85. The number of nitrogens with zero attached hydrogens (tertiary/aromatic N) is 2. The van der Waals surface area contributed by atoms with Crippen molar-refractivity contribution in [1.82, 2.24) is 9.36 Å². The highest BCUT2D eigenvalue weighted by Crippen LogP contribution is 2.30. The molecule has 1 heterocycles. The zero-order valence-electron chi connectivity index (χ0n) is 6.67. The molecule has 2 nitrogen and oxygen atoms in total. The van der Waals surface area contributed by atoms with Crippen molar-refractivity contribution in [2.24, 2.45) is 0 Å². The van der Waals surface area contributed by atoms with E-state index in [9.17, 15) is 4.39 Å². The molecule has 0 fully saturated rings. The smallest absolute Gasteiger partial charge is 0.203 e. The molecule has 0 N–H and O–H groups in total. The van der Waals surface area contributed by atoms with E-state index in [1.807, 2.05) is 22.6 Å². The van der Waals surface area contributed by atoms with Crippen LogP contribution in [0.5, 0.6) is 0 Å². The van der Waals surface area contributed by atoms with Gasteiger partial charge in [-0.25, -0.2) is 9.37 Å². The molecule has 2 aromatic rings. The SMILES string of the molecule is Fc1cccc(-c2nc(I)ns2)c1Cl. The van der Waals surface area contributed by atoms with Crippen LogP contribution in [0.25, 0.3) is 10.6 Å². The lowest BCUT2D eigenvalue weighted by atomic mass is 10.2. The molecule has 1 aromatic heterocycles. The molecule has 0 saturated carbocycles. The summed E-state index contributed by atoms with van der Waals surface area (Å²) in [6.07, 6.45) is 0. The van der Waals surface area contributed by atoms with Crippen molar-refractivity contribution in [3.8, 4) is 10.6 Å². The molecule has 0 spiro atoms. The first-order valence-electron chi connectivity index (χ1n) is 3.62. The van der Waals surface area contributed by atoms with Crippen LogP contribution in [0.3, 0.4) is 0 Å². The van der Waals surface area contributed by atoms with Crippen molar-refractivity contribution in [3.05, 3.63) is 32.9 Å². The first kappa shape index (κ1) is 10.3. The van der Waals surface area contributed by atoms with E-state index in [4.69, 9.17) is 11.6 Å². The number of rotatable bonds is 1. The molecule has 1 aromatic carbocycles. The average Bonchev–Trinajstić information content (AvgIpc) is 2.57. The summed E-state index contributed by atoms with van der Waals surface area (Å²) in [5.74, 6) is -0.436. The molecule has 2 rings (SSSR count). The van der Waals surface area contributed by atoms with Gasteiger partial charge in [-0.2, -0.15) is 4.37 Å². The normalized spacial score (nSPS) is 10.5. The van der Waals surface area contributed by atoms with Crippen LogP contribution in [-0.4, -0.2) is 9.36 Å². The van der Waals surface area contributed by atoms with E-state index in [1.54, 1.807) is 12.1 Å². The second-order valence-electron chi connectivity index (χ2n) is 2.47. The van der Waals surface area contributed by atoms with Gasteiger partial charge in [-0.1, -0.05) is 23.7 Å². The second kappa shape index (κ2) is 4.08. The van der Waals surface area contributed by atoms with Gasteiger partial charge in [0.2, 0.25) is 3.83 Å². The van der Waals surface area contributed by atoms with E-state index in [2.05, 4.69) is 9.36 Å². The highest BCUT2D eigenvalue weighted by molar-refractivity contribution is 14.1. The number of benzene rings is 1. The average molecular weight is 341 g/mol. The highest BCUT2D eigenvalue weighted by atomic mass is 127. The molecule has 0 aliphatic carbocycles. The predicted octanol–water partition coefficient (Wildman–Crippen LogP) is 3.60. The largest absolute Gasteiger partial charge is 0.210 e. The van der Waals surface area contributed by atoms with Crippen LogP contribution < -0.4 is 0 Å². The molecular formula is C8H3ClFIN2S. The third-order valence-electron chi connectivity index (χ3n) is 1.58. The van der Waals surface area contributed by atoms with Crippen LogP contribution >= 0.6 is 45.7 Å². The Morgan fingerprint density at radius 2 is 2.21 bits per heavy atom. The maximum Gasteiger partial charge on any atom is 0.203 e. The summed E-state index contributed by atoms with van der Waals surface area (Å²) in [5.41, 5.74) is 0.590. The summed E-state index contributed by atoms with van der Waals surface area (Å²) < 4.78 is 17.7. The Balaban J connectivity index is 2.57. The molecule has 6 heteroatoms. The lowest BCUT2D eigenvalue weighted by Gasteiger charge is -1.99. The summed E-state index contributed by atoms with van der Waals surface area (Å²) >= 11 is 9.00. The monoisotopic (exact) mass is 340 g/mol. The van der Waals surface area contributed by atoms with Crippen LogP contribution in [0.1, 0.15) is 0 Å². The maximum atomic E-state index is 13.1. The standard InChI is InChI=1S/C8H3ClFIN2S/c9-6-4(2-1-3-5(6)10)7-12-8(11)13-14-7/h1-3H. The van der Waals surface area contributed by atoms with E-state index in [-0.39, 0.29) is 5.02 Å². The van der Waals surface area contributed by atoms with Crippen LogP contribution in [0.2, 0.25) is 5.02 Å². The summed E-state index contributed by atoms with van der Waals surface area (Å²) in [6, 6.07) is 4.64. The van der Waals surface area contributed by atoms with Crippen molar-refractivity contribution < 1.29 is 4.39 Å². The third kappa shape index (κ3) is 1.89. The van der Waals surface area contributed by atoms with Gasteiger partial charge in [-0.05, 0) is 17.6 Å². The van der Waals surface area contributed by atoms with Gasteiger partial charge in [0.05, 0.1) is 5.02 Å². The minimum absolute atomic E-state index is 0.0973. The molecule has 0 aliphatic heterocycles. The zero-order valence-corrected chi connectivity index (χ0v) is 10.4. The fourth-order valence-corrected chi connectivity index (χ4v) is 2.55. The van der Waals surface area contributed by atoms with Gasteiger partial charge in [0, 0.05) is 28.2 Å². The quantitative estimate of drug-likeness (QED) is 0.741. The summed E-state index contributed by atoms with van der Waals surface area (Å²) in [6.45, 7) is 0. The van der Waals surface area contributed by atoms with Crippen molar-refractivity contribution >= 4 is 45.7 Å². The van der Waals surface area contributed by atoms with Crippen molar-refractivity contribution in [1.29, 1.82) is 0 Å². The number of hydrogen-bond donors (Lipinski definition) is 0. The Morgan fingerprint density at radius 1 is 1.43 bits per heavy atom. The minimum atomic E-state index is -0.436. The van der Waals surface area contributed by atoms with Gasteiger partial charge < -0.3 is 0 Å². The molecule has 14 heavy (non-hydrogen) atoms. The molecular weight excluding hydrogens is 338 g/mol. The molecule has 0 saturated heterocycles. The van der Waals surface area contributed by atoms with Crippen LogP contribution in [0.15, 0.2) is 18.2 Å². The first-order chi connectivity index (χ1) is 6.68. The van der Waals surface area contributed by atoms with E-state index in [0.717, 1.165) is 0 Å². The van der Waals surface area contributed by atoms with Gasteiger partial charge >= 0.3 is 0 Å². The Morgan fingerprint density at radius 3 is 2.86 bits per heavy atom. The molecule has 0 atom stereocenters. The third-order valence-corrected chi connectivity index (χ3v) is 3.53. The second-order valence-corrected chi connectivity index (χ2v) is 4.56. The molecule has 72 valence electrons. The van der Waals surface area contributed by atoms with E-state index in [0.29, 0.717) is 14.4 Å². The lowest BCUT2D eigenvalue weighted by Crippen LogP contribution is -1.82. The minimum Gasteiger partial charge on any atom is -0.210 e. The lowest BCUT2D eigenvalue weighted by molar-refractivity contribution is 0.629. The highest BCUT2D eigenvalue weighted by Gasteiger charge is 2.11.